The van der Waals surface area contributed by atoms with E-state index in [1.54, 1.807) is 42.7 Å². The quantitative estimate of drug-likeness (QED) is 0.189. The van der Waals surface area contributed by atoms with Gasteiger partial charge in [0.25, 0.3) is 0 Å². The lowest BCUT2D eigenvalue weighted by atomic mass is 9.80. The van der Waals surface area contributed by atoms with Gasteiger partial charge in [-0.05, 0) is 94.3 Å². The van der Waals surface area contributed by atoms with E-state index in [9.17, 15) is 0 Å². The molecule has 0 amide bonds. The molecule has 18 atom stereocenters. The Balaban J connectivity index is 0.000000189. The van der Waals surface area contributed by atoms with Crippen molar-refractivity contribution < 1.29 is 56.8 Å². The molecule has 12 nitrogen and oxygen atoms in total. The van der Waals surface area contributed by atoms with Crippen molar-refractivity contribution in [3.63, 3.8) is 0 Å². The highest BCUT2D eigenvalue weighted by atomic mass is 16.6. The summed E-state index contributed by atoms with van der Waals surface area (Å²) in [4.78, 5) is 0. The monoisotopic (exact) mass is 793 g/mol. The lowest BCUT2D eigenvalue weighted by Crippen LogP contribution is -2.28. The van der Waals surface area contributed by atoms with Gasteiger partial charge in [0.05, 0.1) is 75.3 Å². The van der Waals surface area contributed by atoms with Gasteiger partial charge in [-0.1, -0.05) is 0 Å². The second-order valence-corrected chi connectivity index (χ2v) is 16.5. The van der Waals surface area contributed by atoms with Gasteiger partial charge < -0.3 is 56.8 Å². The maximum Gasteiger partial charge on any atom is 0.109 e. The van der Waals surface area contributed by atoms with Crippen LogP contribution in [-0.2, 0) is 56.8 Å². The van der Waals surface area contributed by atoms with Gasteiger partial charge in [-0.15, -0.1) is 0 Å². The van der Waals surface area contributed by atoms with Crippen LogP contribution in [-0.4, -0.2) is 201 Å². The second kappa shape index (κ2) is 25.8. The van der Waals surface area contributed by atoms with Gasteiger partial charge in [-0.3, -0.25) is 0 Å². The van der Waals surface area contributed by atoms with Gasteiger partial charge in [0.2, 0.25) is 0 Å². The molecule has 6 rings (SSSR count). The van der Waals surface area contributed by atoms with Gasteiger partial charge in [0.1, 0.15) is 47.1 Å². The van der Waals surface area contributed by atoms with E-state index in [4.69, 9.17) is 104 Å². The third-order valence-corrected chi connectivity index (χ3v) is 12.3. The van der Waals surface area contributed by atoms with Gasteiger partial charge in [0, 0.05) is 78.7 Å². The van der Waals surface area contributed by atoms with Crippen molar-refractivity contribution >= 4 is 47.1 Å². The van der Waals surface area contributed by atoms with E-state index < -0.39 is 0 Å². The average molecular weight is 792 g/mol. The average Bonchev–Trinajstić information content (AvgIpc) is 4.02. The molecule has 0 aromatic rings. The zero-order valence-electron chi connectivity index (χ0n) is 35.4. The molecule has 0 spiro atoms. The summed E-state index contributed by atoms with van der Waals surface area (Å²) in [5.74, 6) is 1.67. The van der Waals surface area contributed by atoms with Crippen LogP contribution in [0.1, 0.15) is 70.6 Å². The van der Waals surface area contributed by atoms with Crippen LogP contribution in [0.5, 0.6) is 0 Å². The van der Waals surface area contributed by atoms with Gasteiger partial charge >= 0.3 is 0 Å². The summed E-state index contributed by atoms with van der Waals surface area (Å²) in [6.07, 6.45) is 10.6. The Morgan fingerprint density at radius 3 is 0.912 bits per heavy atom. The topological polar surface area (TPSA) is 111 Å². The Morgan fingerprint density at radius 1 is 0.351 bits per heavy atom. The van der Waals surface area contributed by atoms with E-state index in [1.807, 2.05) is 0 Å². The molecule has 0 bridgehead atoms. The maximum absolute atomic E-state index is 5.88. The summed E-state index contributed by atoms with van der Waals surface area (Å²) in [6, 6.07) is -1.10. The summed E-state index contributed by atoms with van der Waals surface area (Å²) < 4.78 is 65.7. The first-order valence-corrected chi connectivity index (χ1v) is 20.9. The minimum absolute atomic E-state index is 0.0834. The first-order valence-electron chi connectivity index (χ1n) is 20.9. The van der Waals surface area contributed by atoms with Crippen molar-refractivity contribution in [1.29, 1.82) is 0 Å². The minimum Gasteiger partial charge on any atom is -0.382 e. The van der Waals surface area contributed by atoms with Crippen LogP contribution in [0.2, 0.25) is 0 Å². The van der Waals surface area contributed by atoms with Gasteiger partial charge in [-0.2, -0.15) is 0 Å². The lowest BCUT2D eigenvalue weighted by molar-refractivity contribution is -0.0103. The minimum atomic E-state index is -0.202. The van der Waals surface area contributed by atoms with E-state index in [2.05, 4.69) is 0 Å². The standard InChI is InChI=1S/3C13H22B2O4/c1-16-6-10-8(4-12(14)18-10)3-9-5-13(15)19-11(9)7-17-2;2*1-16-7-11-8(5-12(14)19-11)3-4-9-10(17-2)6-13(15)18-9/h3*8-13H,3-7H2,1-2H3. The fraction of sp³-hybridized carbons (Fsp3) is 1.00. The molecule has 0 saturated carbocycles. The molecule has 0 aromatic carbocycles. The second-order valence-electron chi connectivity index (χ2n) is 16.5. The number of hydrogen-bond donors (Lipinski definition) is 0. The van der Waals surface area contributed by atoms with Crippen LogP contribution in [0.3, 0.4) is 0 Å². The van der Waals surface area contributed by atoms with Crippen LogP contribution >= 0.6 is 0 Å². The van der Waals surface area contributed by atoms with E-state index in [0.717, 1.165) is 70.6 Å². The van der Waals surface area contributed by atoms with Crippen molar-refractivity contribution in [2.75, 3.05) is 69.1 Å². The van der Waals surface area contributed by atoms with Crippen LogP contribution in [0, 0.1) is 23.7 Å². The zero-order chi connectivity index (χ0) is 41.5. The first-order chi connectivity index (χ1) is 27.4. The van der Waals surface area contributed by atoms with Crippen molar-refractivity contribution in [1.82, 2.24) is 0 Å². The molecular formula is C39H66B6O12. The molecule has 6 aliphatic heterocycles. The van der Waals surface area contributed by atoms with Crippen molar-refractivity contribution in [3.8, 4) is 0 Å². The predicted octanol–water partition coefficient (Wildman–Crippen LogP) is 1.69. The maximum atomic E-state index is 5.88. The van der Waals surface area contributed by atoms with Crippen molar-refractivity contribution in [2.45, 2.75) is 155 Å². The smallest absolute Gasteiger partial charge is 0.109 e. The van der Waals surface area contributed by atoms with Crippen LogP contribution in [0.4, 0.5) is 0 Å². The summed E-state index contributed by atoms with van der Waals surface area (Å²) in [7, 11) is 45.2. The molecule has 0 aliphatic carbocycles. The Morgan fingerprint density at radius 2 is 0.614 bits per heavy atom. The molecule has 18 heteroatoms. The fourth-order valence-electron chi connectivity index (χ4n) is 9.47. The fourth-order valence-corrected chi connectivity index (χ4v) is 9.47. The Labute approximate surface area is 351 Å². The highest BCUT2D eigenvalue weighted by Crippen LogP contribution is 2.38. The van der Waals surface area contributed by atoms with Gasteiger partial charge in [0.15, 0.2) is 0 Å². The zero-order valence-corrected chi connectivity index (χ0v) is 35.4. The predicted molar refractivity (Wildman–Crippen MR) is 220 cm³/mol. The molecular weight excluding hydrogens is 725 g/mol. The molecule has 6 saturated heterocycles. The molecule has 6 aliphatic rings. The van der Waals surface area contributed by atoms with Crippen LogP contribution in [0.25, 0.3) is 0 Å². The molecule has 0 N–H and O–H groups in total. The highest BCUT2D eigenvalue weighted by Gasteiger charge is 2.41. The van der Waals surface area contributed by atoms with E-state index in [1.165, 1.54) is 0 Å². The third-order valence-electron chi connectivity index (χ3n) is 12.3. The van der Waals surface area contributed by atoms with Crippen molar-refractivity contribution in [3.05, 3.63) is 0 Å². The van der Waals surface area contributed by atoms with E-state index in [0.29, 0.717) is 50.1 Å². The molecule has 6 heterocycles. The molecule has 6 fully saturated rings. The van der Waals surface area contributed by atoms with Crippen LogP contribution in [0.15, 0.2) is 0 Å². The lowest BCUT2D eigenvalue weighted by Gasteiger charge is -2.24. The molecule has 18 unspecified atom stereocenters. The molecule has 312 valence electrons. The highest BCUT2D eigenvalue weighted by molar-refractivity contribution is 6.12. The van der Waals surface area contributed by atoms with Crippen LogP contribution < -0.4 is 0 Å². The number of rotatable bonds is 18. The summed E-state index contributed by atoms with van der Waals surface area (Å²) >= 11 is 0. The summed E-state index contributed by atoms with van der Waals surface area (Å²) in [5, 5.41) is 0. The third kappa shape index (κ3) is 15.6. The Bertz CT molecular complexity index is 1010. The van der Waals surface area contributed by atoms with E-state index in [-0.39, 0.29) is 84.9 Å². The van der Waals surface area contributed by atoms with Crippen molar-refractivity contribution in [2.24, 2.45) is 23.7 Å². The first kappa shape index (κ1) is 49.6. The number of hydrogen-bond acceptors (Lipinski definition) is 12. The number of methoxy groups -OCH3 is 6. The largest absolute Gasteiger partial charge is 0.382 e. The SMILES string of the molecule is [B]C1CC(CC2CC([B])OC2COC)C(COC)O1.[B]C1CC(CCC2OC([B])CC2OC)C(COC)O1.[B]C1CC(CCC2OC([B])CC2OC)C(COC)O1. The number of ether oxygens (including phenoxy) is 12. The summed E-state index contributed by atoms with van der Waals surface area (Å²) in [6.45, 7) is 2.37. The van der Waals surface area contributed by atoms with Gasteiger partial charge in [-0.25, -0.2) is 0 Å². The molecule has 0 aromatic heterocycles. The molecule has 12 radical (unpaired) electrons. The Kier molecular flexibility index (Phi) is 22.4. The van der Waals surface area contributed by atoms with E-state index >= 15 is 0 Å². The summed E-state index contributed by atoms with van der Waals surface area (Å²) in [5.41, 5.74) is 0. The Hall–Kier alpha value is -0.0904. The molecule has 57 heavy (non-hydrogen) atoms. The normalized spacial score (nSPS) is 42.8.